The lowest BCUT2D eigenvalue weighted by molar-refractivity contribution is -0.121. The zero-order valence-corrected chi connectivity index (χ0v) is 9.75. The van der Waals surface area contributed by atoms with Crippen molar-refractivity contribution in [2.45, 2.75) is 52.5 Å². The zero-order valence-electron chi connectivity index (χ0n) is 9.75. The minimum absolute atomic E-state index is 0.411. The Morgan fingerprint density at radius 3 is 2.79 bits per heavy atom. The highest BCUT2D eigenvalue weighted by atomic mass is 16.1. The van der Waals surface area contributed by atoms with E-state index in [1.165, 1.54) is 12.8 Å². The van der Waals surface area contributed by atoms with Crippen LogP contribution < -0.4 is 0 Å². The SMILES string of the molecule is CCCC(=O)CN1CCCC(C)C1C. The number of nitrogens with zero attached hydrogens (tertiary/aromatic N) is 1. The van der Waals surface area contributed by atoms with E-state index in [-0.39, 0.29) is 0 Å². The molecule has 0 N–H and O–H groups in total. The number of likely N-dealkylation sites (tertiary alicyclic amines) is 1. The van der Waals surface area contributed by atoms with Crippen LogP contribution >= 0.6 is 0 Å². The minimum Gasteiger partial charge on any atom is -0.298 e. The van der Waals surface area contributed by atoms with Gasteiger partial charge in [-0.1, -0.05) is 13.8 Å². The Morgan fingerprint density at radius 2 is 2.14 bits per heavy atom. The third-order valence-corrected chi connectivity index (χ3v) is 3.41. The van der Waals surface area contributed by atoms with E-state index in [1.807, 2.05) is 0 Å². The van der Waals surface area contributed by atoms with Gasteiger partial charge in [-0.25, -0.2) is 0 Å². The maximum absolute atomic E-state index is 11.5. The van der Waals surface area contributed by atoms with Gasteiger partial charge in [-0.05, 0) is 38.6 Å². The molecule has 1 saturated heterocycles. The van der Waals surface area contributed by atoms with E-state index in [4.69, 9.17) is 0 Å². The molecule has 2 nitrogen and oxygen atoms in total. The fraction of sp³-hybridized carbons (Fsp3) is 0.917. The number of Topliss-reactive ketones (excluding diaryl/α,β-unsaturated/α-hetero) is 1. The summed E-state index contributed by atoms with van der Waals surface area (Å²) in [5.74, 6) is 1.16. The van der Waals surface area contributed by atoms with Crippen LogP contribution in [0.5, 0.6) is 0 Å². The second-order valence-electron chi connectivity index (χ2n) is 4.62. The largest absolute Gasteiger partial charge is 0.298 e. The van der Waals surface area contributed by atoms with Gasteiger partial charge in [0.05, 0.1) is 6.54 Å². The Balaban J connectivity index is 2.39. The zero-order chi connectivity index (χ0) is 10.6. The predicted molar refractivity (Wildman–Crippen MR) is 59.3 cm³/mol. The molecule has 1 rings (SSSR count). The van der Waals surface area contributed by atoms with Gasteiger partial charge >= 0.3 is 0 Å². The van der Waals surface area contributed by atoms with Gasteiger partial charge in [-0.3, -0.25) is 9.69 Å². The fourth-order valence-electron chi connectivity index (χ4n) is 2.23. The molecule has 1 fully saturated rings. The van der Waals surface area contributed by atoms with Crippen LogP contribution in [0, 0.1) is 5.92 Å². The van der Waals surface area contributed by atoms with Crippen molar-refractivity contribution in [1.29, 1.82) is 0 Å². The number of piperidine rings is 1. The number of hydrogen-bond donors (Lipinski definition) is 0. The van der Waals surface area contributed by atoms with Gasteiger partial charge in [-0.2, -0.15) is 0 Å². The molecule has 2 atom stereocenters. The van der Waals surface area contributed by atoms with Crippen molar-refractivity contribution in [3.8, 4) is 0 Å². The lowest BCUT2D eigenvalue weighted by atomic mass is 9.92. The first-order valence-electron chi connectivity index (χ1n) is 5.91. The van der Waals surface area contributed by atoms with Crippen LogP contribution in [-0.2, 0) is 4.79 Å². The molecule has 1 heterocycles. The predicted octanol–water partition coefficient (Wildman–Crippen LogP) is 2.48. The van der Waals surface area contributed by atoms with Gasteiger partial charge in [0.15, 0.2) is 0 Å². The van der Waals surface area contributed by atoms with Crippen molar-refractivity contribution < 1.29 is 4.79 Å². The highest BCUT2D eigenvalue weighted by molar-refractivity contribution is 5.80. The van der Waals surface area contributed by atoms with Crippen molar-refractivity contribution in [3.63, 3.8) is 0 Å². The Labute approximate surface area is 87.7 Å². The minimum atomic E-state index is 0.411. The van der Waals surface area contributed by atoms with Crippen LogP contribution in [0.1, 0.15) is 46.5 Å². The first kappa shape index (κ1) is 11.7. The summed E-state index contributed by atoms with van der Waals surface area (Å²) in [7, 11) is 0. The first-order valence-corrected chi connectivity index (χ1v) is 5.91. The van der Waals surface area contributed by atoms with E-state index >= 15 is 0 Å². The average Bonchev–Trinajstić information content (AvgIpc) is 2.13. The van der Waals surface area contributed by atoms with Crippen LogP contribution in [0.2, 0.25) is 0 Å². The Hall–Kier alpha value is -0.370. The molecule has 2 unspecified atom stereocenters. The summed E-state index contributed by atoms with van der Waals surface area (Å²) in [4.78, 5) is 13.9. The van der Waals surface area contributed by atoms with E-state index in [0.717, 1.165) is 25.3 Å². The molecular weight excluding hydrogens is 174 g/mol. The van der Waals surface area contributed by atoms with E-state index in [0.29, 0.717) is 18.4 Å². The molecule has 2 heteroatoms. The molecule has 0 aromatic carbocycles. The quantitative estimate of drug-likeness (QED) is 0.690. The van der Waals surface area contributed by atoms with Crippen molar-refractivity contribution >= 4 is 5.78 Å². The second-order valence-corrected chi connectivity index (χ2v) is 4.62. The van der Waals surface area contributed by atoms with Gasteiger partial charge in [0.2, 0.25) is 0 Å². The highest BCUT2D eigenvalue weighted by Gasteiger charge is 2.25. The maximum Gasteiger partial charge on any atom is 0.146 e. The summed E-state index contributed by atoms with van der Waals surface area (Å²) >= 11 is 0. The lowest BCUT2D eigenvalue weighted by Crippen LogP contribution is -2.44. The van der Waals surface area contributed by atoms with Gasteiger partial charge in [0, 0.05) is 12.5 Å². The molecule has 1 aliphatic rings. The summed E-state index contributed by atoms with van der Waals surface area (Å²) in [6, 6.07) is 0.588. The van der Waals surface area contributed by atoms with Crippen LogP contribution in [-0.4, -0.2) is 29.8 Å². The Morgan fingerprint density at radius 1 is 1.43 bits per heavy atom. The van der Waals surface area contributed by atoms with E-state index < -0.39 is 0 Å². The van der Waals surface area contributed by atoms with Crippen LogP contribution in [0.15, 0.2) is 0 Å². The van der Waals surface area contributed by atoms with Crippen molar-refractivity contribution in [2.75, 3.05) is 13.1 Å². The molecule has 1 aliphatic heterocycles. The number of carbonyl (C=O) groups excluding carboxylic acids is 1. The molecule has 14 heavy (non-hydrogen) atoms. The third kappa shape index (κ3) is 3.09. The smallest absolute Gasteiger partial charge is 0.146 e. The molecule has 0 aliphatic carbocycles. The number of rotatable bonds is 4. The van der Waals surface area contributed by atoms with E-state index in [2.05, 4.69) is 25.7 Å². The van der Waals surface area contributed by atoms with Gasteiger partial charge in [0.25, 0.3) is 0 Å². The monoisotopic (exact) mass is 197 g/mol. The van der Waals surface area contributed by atoms with E-state index in [9.17, 15) is 4.79 Å². The Kier molecular flexibility index (Phi) is 4.59. The van der Waals surface area contributed by atoms with E-state index in [1.54, 1.807) is 0 Å². The molecule has 0 spiro atoms. The van der Waals surface area contributed by atoms with Gasteiger partial charge in [0.1, 0.15) is 5.78 Å². The van der Waals surface area contributed by atoms with Crippen LogP contribution in [0.4, 0.5) is 0 Å². The topological polar surface area (TPSA) is 20.3 Å². The summed E-state index contributed by atoms with van der Waals surface area (Å²) in [5.41, 5.74) is 0. The standard InChI is InChI=1S/C12H23NO/c1-4-6-12(14)9-13-8-5-7-10(2)11(13)3/h10-11H,4-9H2,1-3H3. The van der Waals surface area contributed by atoms with Crippen LogP contribution in [0.3, 0.4) is 0 Å². The maximum atomic E-state index is 11.5. The summed E-state index contributed by atoms with van der Waals surface area (Å²) in [5, 5.41) is 0. The number of carbonyl (C=O) groups is 1. The third-order valence-electron chi connectivity index (χ3n) is 3.41. The first-order chi connectivity index (χ1) is 6.65. The summed E-state index contributed by atoms with van der Waals surface area (Å²) in [6.07, 6.45) is 4.30. The molecular formula is C12H23NO. The highest BCUT2D eigenvalue weighted by Crippen LogP contribution is 2.22. The lowest BCUT2D eigenvalue weighted by Gasteiger charge is -2.37. The number of ketones is 1. The van der Waals surface area contributed by atoms with Crippen molar-refractivity contribution in [1.82, 2.24) is 4.90 Å². The van der Waals surface area contributed by atoms with Crippen molar-refractivity contribution in [2.24, 2.45) is 5.92 Å². The second kappa shape index (κ2) is 5.50. The van der Waals surface area contributed by atoms with Gasteiger partial charge < -0.3 is 0 Å². The normalized spacial score (nSPS) is 29.1. The molecule has 0 saturated carbocycles. The molecule has 0 aromatic rings. The Bertz CT molecular complexity index is 191. The van der Waals surface area contributed by atoms with Gasteiger partial charge in [-0.15, -0.1) is 0 Å². The summed E-state index contributed by atoms with van der Waals surface area (Å²) < 4.78 is 0. The number of hydrogen-bond acceptors (Lipinski definition) is 2. The summed E-state index contributed by atoms with van der Waals surface area (Å²) in [6.45, 7) is 8.41. The molecule has 82 valence electrons. The van der Waals surface area contributed by atoms with Crippen molar-refractivity contribution in [3.05, 3.63) is 0 Å². The average molecular weight is 197 g/mol. The molecule has 0 bridgehead atoms. The van der Waals surface area contributed by atoms with Crippen LogP contribution in [0.25, 0.3) is 0 Å². The molecule has 0 amide bonds. The molecule has 0 radical (unpaired) electrons. The fourth-order valence-corrected chi connectivity index (χ4v) is 2.23. The molecule has 0 aromatic heterocycles.